The minimum absolute atomic E-state index is 0.0849. The Morgan fingerprint density at radius 1 is 1.50 bits per heavy atom. The maximum Gasteiger partial charge on any atom is 0.244 e. The van der Waals surface area contributed by atoms with Crippen molar-refractivity contribution in [3.05, 3.63) is 24.3 Å². The molecule has 1 aliphatic heterocycles. The molecule has 0 saturated carbocycles. The number of piperidine rings is 1. The second-order valence-corrected chi connectivity index (χ2v) is 4.91. The normalized spacial score (nSPS) is 20.6. The van der Waals surface area contributed by atoms with E-state index in [1.807, 2.05) is 12.2 Å². The lowest BCUT2D eigenvalue weighted by molar-refractivity contribution is -0.128. The van der Waals surface area contributed by atoms with Crippen molar-refractivity contribution in [3.63, 3.8) is 0 Å². The lowest BCUT2D eigenvalue weighted by Crippen LogP contribution is -2.49. The number of allylic oxidation sites excluding steroid dienone is 3. The molecule has 0 aliphatic carbocycles. The number of amides is 2. The van der Waals surface area contributed by atoms with Gasteiger partial charge in [-0.2, -0.15) is 0 Å². The van der Waals surface area contributed by atoms with Crippen LogP contribution in [0.5, 0.6) is 0 Å². The quantitative estimate of drug-likeness (QED) is 0.574. The van der Waals surface area contributed by atoms with Crippen molar-refractivity contribution in [1.29, 1.82) is 0 Å². The van der Waals surface area contributed by atoms with Crippen LogP contribution >= 0.6 is 0 Å². The number of rotatable bonds is 5. The van der Waals surface area contributed by atoms with E-state index in [1.54, 1.807) is 6.08 Å². The second-order valence-electron chi connectivity index (χ2n) is 4.91. The van der Waals surface area contributed by atoms with Crippen LogP contribution in [0.1, 0.15) is 33.1 Å². The Morgan fingerprint density at radius 3 is 2.94 bits per heavy atom. The van der Waals surface area contributed by atoms with Gasteiger partial charge < -0.3 is 10.6 Å². The molecule has 18 heavy (non-hydrogen) atoms. The van der Waals surface area contributed by atoms with E-state index < -0.39 is 0 Å². The lowest BCUT2D eigenvalue weighted by atomic mass is 10.1. The molecule has 1 heterocycles. The summed E-state index contributed by atoms with van der Waals surface area (Å²) in [4.78, 5) is 23.0. The van der Waals surface area contributed by atoms with Crippen LogP contribution in [0, 0.1) is 5.92 Å². The van der Waals surface area contributed by atoms with Crippen LogP contribution in [0.4, 0.5) is 0 Å². The number of hydrogen-bond acceptors (Lipinski definition) is 2. The van der Waals surface area contributed by atoms with Crippen LogP contribution in [-0.2, 0) is 9.59 Å². The second kappa shape index (κ2) is 7.69. The Bertz CT molecular complexity index is 346. The van der Waals surface area contributed by atoms with E-state index in [4.69, 9.17) is 0 Å². The molecule has 1 saturated heterocycles. The molecule has 0 aromatic rings. The van der Waals surface area contributed by atoms with Crippen LogP contribution in [-0.4, -0.2) is 24.4 Å². The number of nitrogens with one attached hydrogen (secondary N) is 2. The predicted molar refractivity (Wildman–Crippen MR) is 71.9 cm³/mol. The van der Waals surface area contributed by atoms with E-state index in [0.717, 1.165) is 12.8 Å². The molecule has 100 valence electrons. The van der Waals surface area contributed by atoms with Gasteiger partial charge in [0.05, 0.1) is 0 Å². The summed E-state index contributed by atoms with van der Waals surface area (Å²) >= 11 is 0. The first-order valence-corrected chi connectivity index (χ1v) is 6.51. The largest absolute Gasteiger partial charge is 0.354 e. The smallest absolute Gasteiger partial charge is 0.244 e. The SMILES string of the molecule is CC(C)CC=CC=CC(=O)NC1CCCNC1=O. The van der Waals surface area contributed by atoms with Gasteiger partial charge in [0.15, 0.2) is 0 Å². The summed E-state index contributed by atoms with van der Waals surface area (Å²) in [5, 5.41) is 5.43. The third kappa shape index (κ3) is 5.66. The van der Waals surface area contributed by atoms with Crippen molar-refractivity contribution in [2.75, 3.05) is 6.54 Å². The molecule has 0 spiro atoms. The fourth-order valence-electron chi connectivity index (χ4n) is 1.70. The highest BCUT2D eigenvalue weighted by atomic mass is 16.2. The molecule has 0 aromatic heterocycles. The molecule has 1 fully saturated rings. The Labute approximate surface area is 109 Å². The lowest BCUT2D eigenvalue weighted by Gasteiger charge is -2.21. The summed E-state index contributed by atoms with van der Waals surface area (Å²) in [5.41, 5.74) is 0. The van der Waals surface area contributed by atoms with E-state index in [1.165, 1.54) is 6.08 Å². The first kappa shape index (κ1) is 14.5. The molecule has 0 aromatic carbocycles. The fraction of sp³-hybridized carbons (Fsp3) is 0.571. The van der Waals surface area contributed by atoms with E-state index in [0.29, 0.717) is 18.9 Å². The van der Waals surface area contributed by atoms with E-state index in [2.05, 4.69) is 24.5 Å². The maximum absolute atomic E-state index is 11.5. The van der Waals surface area contributed by atoms with Crippen molar-refractivity contribution in [2.45, 2.75) is 39.2 Å². The highest BCUT2D eigenvalue weighted by Gasteiger charge is 2.22. The van der Waals surface area contributed by atoms with Gasteiger partial charge in [0.25, 0.3) is 0 Å². The summed E-state index contributed by atoms with van der Waals surface area (Å²) in [7, 11) is 0. The Morgan fingerprint density at radius 2 is 2.28 bits per heavy atom. The summed E-state index contributed by atoms with van der Waals surface area (Å²) in [6.45, 7) is 4.99. The molecule has 1 rings (SSSR count). The number of carbonyl (C=O) groups is 2. The third-order valence-electron chi connectivity index (χ3n) is 2.70. The molecule has 1 atom stereocenters. The van der Waals surface area contributed by atoms with E-state index in [-0.39, 0.29) is 17.9 Å². The average molecular weight is 250 g/mol. The van der Waals surface area contributed by atoms with Gasteiger partial charge in [0, 0.05) is 12.6 Å². The zero-order valence-electron chi connectivity index (χ0n) is 11.1. The van der Waals surface area contributed by atoms with Gasteiger partial charge in [-0.1, -0.05) is 32.1 Å². The Kier molecular flexibility index (Phi) is 6.19. The molecule has 4 heteroatoms. The van der Waals surface area contributed by atoms with Gasteiger partial charge in [-0.15, -0.1) is 0 Å². The summed E-state index contributed by atoms with van der Waals surface area (Å²) < 4.78 is 0. The van der Waals surface area contributed by atoms with Gasteiger partial charge in [-0.25, -0.2) is 0 Å². The highest BCUT2D eigenvalue weighted by molar-refractivity contribution is 5.93. The molecule has 1 unspecified atom stereocenters. The van der Waals surface area contributed by atoms with Crippen molar-refractivity contribution in [2.24, 2.45) is 5.92 Å². The minimum Gasteiger partial charge on any atom is -0.354 e. The predicted octanol–water partition coefficient (Wildman–Crippen LogP) is 1.54. The van der Waals surface area contributed by atoms with Gasteiger partial charge >= 0.3 is 0 Å². The topological polar surface area (TPSA) is 58.2 Å². The summed E-state index contributed by atoms with van der Waals surface area (Å²) in [6, 6.07) is -0.379. The monoisotopic (exact) mass is 250 g/mol. The van der Waals surface area contributed by atoms with Gasteiger partial charge in [0.1, 0.15) is 6.04 Å². The average Bonchev–Trinajstić information content (AvgIpc) is 2.31. The molecular weight excluding hydrogens is 228 g/mol. The highest BCUT2D eigenvalue weighted by Crippen LogP contribution is 2.03. The van der Waals surface area contributed by atoms with Crippen LogP contribution in [0.25, 0.3) is 0 Å². The zero-order valence-corrected chi connectivity index (χ0v) is 11.1. The van der Waals surface area contributed by atoms with Crippen LogP contribution < -0.4 is 10.6 Å². The Hall–Kier alpha value is -1.58. The van der Waals surface area contributed by atoms with Gasteiger partial charge in [-0.3, -0.25) is 9.59 Å². The molecule has 4 nitrogen and oxygen atoms in total. The minimum atomic E-state index is -0.379. The third-order valence-corrected chi connectivity index (χ3v) is 2.70. The van der Waals surface area contributed by atoms with Crippen molar-refractivity contribution in [1.82, 2.24) is 10.6 Å². The molecule has 1 aliphatic rings. The van der Waals surface area contributed by atoms with Crippen molar-refractivity contribution in [3.8, 4) is 0 Å². The van der Waals surface area contributed by atoms with Crippen LogP contribution in [0.2, 0.25) is 0 Å². The maximum atomic E-state index is 11.5. The summed E-state index contributed by atoms with van der Waals surface area (Å²) in [6.07, 6.45) is 9.68. The number of hydrogen-bond donors (Lipinski definition) is 2. The van der Waals surface area contributed by atoms with Crippen LogP contribution in [0.3, 0.4) is 0 Å². The molecule has 2 amide bonds. The van der Waals surface area contributed by atoms with Crippen LogP contribution in [0.15, 0.2) is 24.3 Å². The number of carbonyl (C=O) groups excluding carboxylic acids is 2. The standard InChI is InChI=1S/C14H22N2O2/c1-11(2)7-4-3-5-9-13(17)16-12-8-6-10-15-14(12)18/h3-5,9,11-12H,6-8,10H2,1-2H3,(H,15,18)(H,16,17). The van der Waals surface area contributed by atoms with E-state index >= 15 is 0 Å². The molecule has 0 bridgehead atoms. The zero-order chi connectivity index (χ0) is 13.4. The van der Waals surface area contributed by atoms with E-state index in [9.17, 15) is 9.59 Å². The molecular formula is C14H22N2O2. The van der Waals surface area contributed by atoms with Gasteiger partial charge in [0.2, 0.25) is 11.8 Å². The van der Waals surface area contributed by atoms with Crippen molar-refractivity contribution < 1.29 is 9.59 Å². The van der Waals surface area contributed by atoms with Crippen molar-refractivity contribution >= 4 is 11.8 Å². The summed E-state index contributed by atoms with van der Waals surface area (Å²) in [5.74, 6) is 0.319. The first-order chi connectivity index (χ1) is 8.59. The molecule has 2 N–H and O–H groups in total. The first-order valence-electron chi connectivity index (χ1n) is 6.51. The Balaban J connectivity index is 2.30. The fourth-order valence-corrected chi connectivity index (χ4v) is 1.70. The van der Waals surface area contributed by atoms with Gasteiger partial charge in [-0.05, 0) is 25.2 Å². The molecule has 0 radical (unpaired) electrons.